The number of alkyl halides is 1. The van der Waals surface area contributed by atoms with Crippen molar-refractivity contribution < 1.29 is 16.7 Å². The van der Waals surface area contributed by atoms with Crippen LogP contribution in [-0.4, -0.2) is 17.6 Å². The van der Waals surface area contributed by atoms with Gasteiger partial charge < -0.3 is 9.84 Å². The number of hydrogen-bond donors (Lipinski definition) is 1. The minimum atomic E-state index is -2.99. The molecule has 2 atom stereocenters. The minimum Gasteiger partial charge on any atom is -0.492 e. The van der Waals surface area contributed by atoms with Crippen LogP contribution in [0.3, 0.4) is 0 Å². The lowest BCUT2D eigenvalue weighted by Gasteiger charge is -2.37. The molecule has 2 nitrogen and oxygen atoms in total. The summed E-state index contributed by atoms with van der Waals surface area (Å²) in [5.41, 5.74) is -0.867. The Hall–Kier alpha value is -2.29. The number of aliphatic hydroxyl groups is 1. The number of rotatable bonds is 8. The molecule has 0 aliphatic carbocycles. The van der Waals surface area contributed by atoms with Crippen LogP contribution < -0.4 is 4.74 Å². The van der Waals surface area contributed by atoms with Gasteiger partial charge in [-0.15, -0.1) is 11.6 Å². The third-order valence-corrected chi connectivity index (χ3v) is 4.70. The zero-order chi connectivity index (χ0) is 23.4. The Labute approximate surface area is 173 Å². The van der Waals surface area contributed by atoms with Crippen LogP contribution in [-0.2, 0) is 5.60 Å². The monoisotopic (exact) mass is 385 g/mol. The van der Waals surface area contributed by atoms with Gasteiger partial charge in [0.15, 0.2) is 0 Å². The van der Waals surface area contributed by atoms with E-state index in [2.05, 4.69) is 0 Å². The zero-order valence-corrected chi connectivity index (χ0v) is 15.6. The summed E-state index contributed by atoms with van der Waals surface area (Å²) in [6.07, 6.45) is -2.76. The van der Waals surface area contributed by atoms with Gasteiger partial charge in [0.1, 0.15) is 18.0 Å². The molecule has 0 radical (unpaired) electrons. The first-order chi connectivity index (χ1) is 15.1. The number of benzene rings is 3. The summed E-state index contributed by atoms with van der Waals surface area (Å²) >= 11 is 5.68. The average Bonchev–Trinajstić information content (AvgIpc) is 2.78. The summed E-state index contributed by atoms with van der Waals surface area (Å²) in [5, 5.41) is 12.3. The molecular weight excluding hydrogens is 356 g/mol. The molecule has 3 aromatic rings. The Morgan fingerprint density at radius 2 is 1.56 bits per heavy atom. The smallest absolute Gasteiger partial charge is 0.121 e. The van der Waals surface area contributed by atoms with E-state index in [1.807, 2.05) is 0 Å². The highest BCUT2D eigenvalue weighted by molar-refractivity contribution is 6.18. The van der Waals surface area contributed by atoms with Crippen molar-refractivity contribution in [3.63, 3.8) is 0 Å². The maximum Gasteiger partial charge on any atom is 0.121 e. The van der Waals surface area contributed by atoms with Gasteiger partial charge in [-0.25, -0.2) is 0 Å². The standard InChI is InChI=1S/C24H25ClO2/c1-2-23(19-9-5-3-6-10-19)24(26,20-11-7-4-8-12-20)21-13-15-22(16-14-21)27-18-17-25/h3-16,23,26H,2,17-18H2,1H3/i1D3,2D2. The van der Waals surface area contributed by atoms with Gasteiger partial charge in [0.2, 0.25) is 0 Å². The molecule has 2 unspecified atom stereocenters. The first-order valence-electron chi connectivity index (χ1n) is 11.2. The zero-order valence-electron chi connectivity index (χ0n) is 19.8. The molecule has 0 bridgehead atoms. The molecule has 3 aromatic carbocycles. The summed E-state index contributed by atoms with van der Waals surface area (Å²) in [6, 6.07) is 23.6. The lowest BCUT2D eigenvalue weighted by atomic mass is 9.72. The van der Waals surface area contributed by atoms with E-state index in [0.717, 1.165) is 0 Å². The van der Waals surface area contributed by atoms with Gasteiger partial charge in [-0.2, -0.15) is 0 Å². The molecule has 0 saturated heterocycles. The van der Waals surface area contributed by atoms with Crippen molar-refractivity contribution in [3.05, 3.63) is 102 Å². The van der Waals surface area contributed by atoms with Gasteiger partial charge in [0.25, 0.3) is 0 Å². The Kier molecular flexibility index (Phi) is 4.64. The molecule has 3 heteroatoms. The summed E-state index contributed by atoms with van der Waals surface area (Å²) < 4.78 is 46.7. The van der Waals surface area contributed by atoms with Crippen molar-refractivity contribution in [2.45, 2.75) is 24.7 Å². The second kappa shape index (κ2) is 9.07. The van der Waals surface area contributed by atoms with E-state index in [1.54, 1.807) is 84.9 Å². The normalized spacial score (nSPS) is 18.1. The fourth-order valence-corrected chi connectivity index (χ4v) is 3.31. The van der Waals surface area contributed by atoms with E-state index in [1.165, 1.54) is 0 Å². The highest BCUT2D eigenvalue weighted by Crippen LogP contribution is 2.44. The summed E-state index contributed by atoms with van der Waals surface area (Å²) in [6.45, 7) is -2.67. The van der Waals surface area contributed by atoms with Crippen molar-refractivity contribution in [2.24, 2.45) is 0 Å². The maximum absolute atomic E-state index is 12.3. The molecule has 0 aliphatic rings. The molecule has 0 fully saturated rings. The molecule has 27 heavy (non-hydrogen) atoms. The van der Waals surface area contributed by atoms with Crippen molar-refractivity contribution in [2.75, 3.05) is 12.5 Å². The third kappa shape index (κ3) is 4.18. The molecule has 0 heterocycles. The van der Waals surface area contributed by atoms with E-state index in [-0.39, 0.29) is 0 Å². The molecule has 140 valence electrons. The van der Waals surface area contributed by atoms with Crippen LogP contribution >= 0.6 is 11.6 Å². The number of halogens is 1. The maximum atomic E-state index is 12.3. The Balaban J connectivity index is 2.27. The van der Waals surface area contributed by atoms with Gasteiger partial charge >= 0.3 is 0 Å². The predicted octanol–water partition coefficient (Wildman–Crippen LogP) is 5.73. The second-order valence-electron chi connectivity index (χ2n) is 6.18. The number of hydrogen-bond acceptors (Lipinski definition) is 2. The first-order valence-corrected chi connectivity index (χ1v) is 9.28. The van der Waals surface area contributed by atoms with Crippen molar-refractivity contribution in [1.82, 2.24) is 0 Å². The molecule has 0 amide bonds. The summed E-state index contributed by atoms with van der Waals surface area (Å²) in [4.78, 5) is 0. The number of ether oxygens (including phenoxy) is 1. The Morgan fingerprint density at radius 3 is 2.15 bits per heavy atom. The van der Waals surface area contributed by atoms with E-state index in [4.69, 9.17) is 23.2 Å². The van der Waals surface area contributed by atoms with Gasteiger partial charge in [-0.05, 0) is 35.2 Å². The molecule has 1 N–H and O–H groups in total. The summed E-state index contributed by atoms with van der Waals surface area (Å²) in [5.74, 6) is -0.564. The van der Waals surface area contributed by atoms with Gasteiger partial charge in [-0.1, -0.05) is 79.6 Å². The highest BCUT2D eigenvalue weighted by Gasteiger charge is 2.40. The fraction of sp³-hybridized carbons (Fsp3) is 0.250. The predicted molar refractivity (Wildman–Crippen MR) is 112 cm³/mol. The molecular formula is C24H25ClO2. The quantitative estimate of drug-likeness (QED) is 0.501. The minimum absolute atomic E-state index is 0.318. The first kappa shape index (κ1) is 13.8. The van der Waals surface area contributed by atoms with Crippen molar-refractivity contribution in [3.8, 4) is 5.75 Å². The van der Waals surface area contributed by atoms with Gasteiger partial charge in [0, 0.05) is 12.8 Å². The highest BCUT2D eigenvalue weighted by atomic mass is 35.5. The average molecular weight is 386 g/mol. The van der Waals surface area contributed by atoms with E-state index in [0.29, 0.717) is 34.9 Å². The largest absolute Gasteiger partial charge is 0.492 e. The third-order valence-electron chi connectivity index (χ3n) is 4.55. The van der Waals surface area contributed by atoms with Crippen LogP contribution in [0.1, 0.15) is 42.7 Å². The van der Waals surface area contributed by atoms with E-state index < -0.39 is 24.7 Å². The van der Waals surface area contributed by atoms with Crippen LogP contribution in [0.4, 0.5) is 0 Å². The van der Waals surface area contributed by atoms with Gasteiger partial charge in [0.05, 0.1) is 5.88 Å². The van der Waals surface area contributed by atoms with E-state index >= 15 is 0 Å². The lowest BCUT2D eigenvalue weighted by Crippen LogP contribution is -2.34. The SMILES string of the molecule is [2H]C([2H])([2H])C([2H])([2H])C(c1ccccc1)C(O)(c1ccccc1)c1ccc(OCCCl)cc1. The molecule has 0 spiro atoms. The molecule has 0 saturated carbocycles. The topological polar surface area (TPSA) is 29.5 Å². The lowest BCUT2D eigenvalue weighted by molar-refractivity contribution is 0.0476. The van der Waals surface area contributed by atoms with Gasteiger partial charge in [-0.3, -0.25) is 0 Å². The van der Waals surface area contributed by atoms with Crippen LogP contribution in [0.25, 0.3) is 0 Å². The van der Waals surface area contributed by atoms with Crippen molar-refractivity contribution in [1.29, 1.82) is 0 Å². The van der Waals surface area contributed by atoms with Crippen LogP contribution in [0.15, 0.2) is 84.9 Å². The van der Waals surface area contributed by atoms with Crippen molar-refractivity contribution >= 4 is 11.6 Å². The molecule has 0 aromatic heterocycles. The molecule has 3 rings (SSSR count). The van der Waals surface area contributed by atoms with Crippen LogP contribution in [0.2, 0.25) is 0 Å². The Bertz CT molecular complexity index is 994. The van der Waals surface area contributed by atoms with E-state index in [9.17, 15) is 5.11 Å². The van der Waals surface area contributed by atoms with Crippen LogP contribution in [0, 0.1) is 0 Å². The Morgan fingerprint density at radius 1 is 0.963 bits per heavy atom. The fourth-order valence-electron chi connectivity index (χ4n) is 3.23. The molecule has 0 aliphatic heterocycles. The second-order valence-corrected chi connectivity index (χ2v) is 6.56. The van der Waals surface area contributed by atoms with Crippen LogP contribution in [0.5, 0.6) is 5.75 Å². The summed E-state index contributed by atoms with van der Waals surface area (Å²) in [7, 11) is 0.